The third-order valence-electron chi connectivity index (χ3n) is 3.63. The van der Waals surface area contributed by atoms with Crippen molar-refractivity contribution in [1.29, 1.82) is 0 Å². The molecule has 0 spiro atoms. The van der Waals surface area contributed by atoms with Gasteiger partial charge in [-0.2, -0.15) is 0 Å². The second kappa shape index (κ2) is 6.70. The molecule has 0 aliphatic carbocycles. The zero-order valence-corrected chi connectivity index (χ0v) is 12.6. The van der Waals surface area contributed by atoms with Gasteiger partial charge in [0.25, 0.3) is 5.91 Å². The van der Waals surface area contributed by atoms with E-state index >= 15 is 0 Å². The number of hydrogen-bond donors (Lipinski definition) is 3. The molecule has 2 aromatic rings. The Morgan fingerprint density at radius 1 is 1.45 bits per heavy atom. The van der Waals surface area contributed by atoms with Crippen molar-refractivity contribution in [2.45, 2.75) is 32.8 Å². The Bertz CT molecular complexity index is 755. The van der Waals surface area contributed by atoms with Crippen LogP contribution >= 0.6 is 0 Å². The van der Waals surface area contributed by atoms with Crippen LogP contribution in [0.15, 0.2) is 23.1 Å². The first-order chi connectivity index (χ1) is 10.4. The Balaban J connectivity index is 2.27. The molecule has 22 heavy (non-hydrogen) atoms. The summed E-state index contributed by atoms with van der Waals surface area (Å²) in [6.45, 7) is 3.80. The third-order valence-corrected chi connectivity index (χ3v) is 3.63. The van der Waals surface area contributed by atoms with Gasteiger partial charge in [0, 0.05) is 18.1 Å². The molecule has 2 rings (SSSR count). The van der Waals surface area contributed by atoms with Crippen molar-refractivity contribution < 1.29 is 14.3 Å². The molecule has 0 radical (unpaired) electrons. The number of aromatic nitrogens is 1. The highest BCUT2D eigenvalue weighted by molar-refractivity contribution is 5.97. The SMILES string of the molecule is CCC(O)CCNC(=O)c1c[nH]c2c(C)cc(F)cc2c1=O. The number of fused-ring (bicyclic) bond motifs is 1. The summed E-state index contributed by atoms with van der Waals surface area (Å²) in [6, 6.07) is 2.45. The van der Waals surface area contributed by atoms with Crippen LogP contribution in [0.3, 0.4) is 0 Å². The molecule has 0 aliphatic rings. The van der Waals surface area contributed by atoms with Crippen molar-refractivity contribution >= 4 is 16.8 Å². The van der Waals surface area contributed by atoms with E-state index in [2.05, 4.69) is 10.3 Å². The van der Waals surface area contributed by atoms with E-state index in [1.807, 2.05) is 6.92 Å². The lowest BCUT2D eigenvalue weighted by atomic mass is 10.1. The van der Waals surface area contributed by atoms with E-state index in [4.69, 9.17) is 0 Å². The monoisotopic (exact) mass is 306 g/mol. The van der Waals surface area contributed by atoms with Crippen LogP contribution in [-0.4, -0.2) is 28.6 Å². The summed E-state index contributed by atoms with van der Waals surface area (Å²) >= 11 is 0. The standard InChI is InChI=1S/C16H19FN2O3/c1-3-11(20)4-5-18-16(22)13-8-19-14-9(2)6-10(17)7-12(14)15(13)21/h6-8,11,20H,3-5H2,1-2H3,(H,18,22)(H,19,21). The van der Waals surface area contributed by atoms with Crippen LogP contribution in [0.5, 0.6) is 0 Å². The fourth-order valence-electron chi connectivity index (χ4n) is 2.29. The number of pyridine rings is 1. The Kier molecular flexibility index (Phi) is 4.92. The van der Waals surface area contributed by atoms with E-state index in [9.17, 15) is 19.1 Å². The number of carbonyl (C=O) groups is 1. The van der Waals surface area contributed by atoms with Crippen LogP contribution in [0.1, 0.15) is 35.7 Å². The highest BCUT2D eigenvalue weighted by Gasteiger charge is 2.14. The highest BCUT2D eigenvalue weighted by atomic mass is 19.1. The maximum atomic E-state index is 13.5. The molecule has 0 fully saturated rings. The molecule has 0 aliphatic heterocycles. The quantitative estimate of drug-likeness (QED) is 0.788. The smallest absolute Gasteiger partial charge is 0.256 e. The summed E-state index contributed by atoms with van der Waals surface area (Å²) in [7, 11) is 0. The second-order valence-electron chi connectivity index (χ2n) is 5.28. The number of aliphatic hydroxyl groups is 1. The minimum atomic E-state index is -0.534. The Morgan fingerprint density at radius 3 is 2.86 bits per heavy atom. The molecule has 1 amide bonds. The van der Waals surface area contributed by atoms with E-state index in [1.54, 1.807) is 6.92 Å². The average molecular weight is 306 g/mol. The molecule has 5 nitrogen and oxygen atoms in total. The Labute approximate surface area is 127 Å². The molecule has 6 heteroatoms. The number of nitrogens with one attached hydrogen (secondary N) is 2. The molecular weight excluding hydrogens is 287 g/mol. The molecule has 1 aromatic carbocycles. The predicted octanol–water partition coefficient (Wildman–Crippen LogP) is 1.87. The first-order valence-electron chi connectivity index (χ1n) is 7.21. The van der Waals surface area contributed by atoms with Gasteiger partial charge in [0.1, 0.15) is 11.4 Å². The molecule has 0 saturated carbocycles. The van der Waals surface area contributed by atoms with Gasteiger partial charge in [-0.1, -0.05) is 6.92 Å². The number of carbonyl (C=O) groups excluding carboxylic acids is 1. The number of aryl methyl sites for hydroxylation is 1. The highest BCUT2D eigenvalue weighted by Crippen LogP contribution is 2.15. The van der Waals surface area contributed by atoms with Gasteiger partial charge < -0.3 is 15.4 Å². The summed E-state index contributed by atoms with van der Waals surface area (Å²) in [4.78, 5) is 27.2. The number of hydrogen-bond acceptors (Lipinski definition) is 3. The van der Waals surface area contributed by atoms with Gasteiger partial charge >= 0.3 is 0 Å². The summed E-state index contributed by atoms with van der Waals surface area (Å²) in [5.74, 6) is -1.05. The molecule has 0 saturated heterocycles. The summed E-state index contributed by atoms with van der Waals surface area (Å²) in [5.41, 5.74) is 0.544. The van der Waals surface area contributed by atoms with Crippen LogP contribution in [0, 0.1) is 12.7 Å². The van der Waals surface area contributed by atoms with E-state index in [1.165, 1.54) is 12.3 Å². The number of benzene rings is 1. The largest absolute Gasteiger partial charge is 0.393 e. The van der Waals surface area contributed by atoms with E-state index in [0.717, 1.165) is 6.07 Å². The Morgan fingerprint density at radius 2 is 2.18 bits per heavy atom. The summed E-state index contributed by atoms with van der Waals surface area (Å²) < 4.78 is 13.5. The molecule has 1 heterocycles. The summed E-state index contributed by atoms with van der Waals surface area (Å²) in [5, 5.41) is 12.2. The normalized spacial score (nSPS) is 12.4. The minimum absolute atomic E-state index is 0.0662. The maximum absolute atomic E-state index is 13.5. The predicted molar refractivity (Wildman–Crippen MR) is 82.5 cm³/mol. The number of amides is 1. The van der Waals surface area contributed by atoms with Gasteiger partial charge in [0.2, 0.25) is 5.43 Å². The lowest BCUT2D eigenvalue weighted by molar-refractivity contribution is 0.0940. The first kappa shape index (κ1) is 16.2. The van der Waals surface area contributed by atoms with Gasteiger partial charge in [-0.3, -0.25) is 9.59 Å². The van der Waals surface area contributed by atoms with Crippen molar-refractivity contribution in [3.05, 3.63) is 45.5 Å². The fraction of sp³-hybridized carbons (Fsp3) is 0.375. The topological polar surface area (TPSA) is 82.2 Å². The zero-order chi connectivity index (χ0) is 16.3. The van der Waals surface area contributed by atoms with E-state index in [-0.39, 0.29) is 17.5 Å². The number of rotatable bonds is 5. The molecule has 1 aromatic heterocycles. The molecular formula is C16H19FN2O3. The van der Waals surface area contributed by atoms with Crippen LogP contribution in [-0.2, 0) is 0 Å². The third kappa shape index (κ3) is 3.33. The fourth-order valence-corrected chi connectivity index (χ4v) is 2.29. The van der Waals surface area contributed by atoms with Crippen molar-refractivity contribution in [3.63, 3.8) is 0 Å². The molecule has 3 N–H and O–H groups in total. The number of aromatic amines is 1. The van der Waals surface area contributed by atoms with Crippen molar-refractivity contribution in [2.24, 2.45) is 0 Å². The van der Waals surface area contributed by atoms with Crippen LogP contribution in [0.25, 0.3) is 10.9 Å². The van der Waals surface area contributed by atoms with E-state index in [0.29, 0.717) is 23.9 Å². The maximum Gasteiger partial charge on any atom is 0.256 e. The van der Waals surface area contributed by atoms with Gasteiger partial charge in [0.15, 0.2) is 0 Å². The van der Waals surface area contributed by atoms with Crippen molar-refractivity contribution in [1.82, 2.24) is 10.3 Å². The summed E-state index contributed by atoms with van der Waals surface area (Å²) in [6.07, 6.45) is 1.88. The number of H-pyrrole nitrogens is 1. The van der Waals surface area contributed by atoms with Gasteiger partial charge in [-0.25, -0.2) is 4.39 Å². The lowest BCUT2D eigenvalue weighted by Crippen LogP contribution is -2.31. The Hall–Kier alpha value is -2.21. The van der Waals surface area contributed by atoms with E-state index < -0.39 is 23.3 Å². The molecule has 1 unspecified atom stereocenters. The van der Waals surface area contributed by atoms with Crippen LogP contribution in [0.4, 0.5) is 4.39 Å². The van der Waals surface area contributed by atoms with Gasteiger partial charge in [0.05, 0.1) is 11.6 Å². The second-order valence-corrected chi connectivity index (χ2v) is 5.28. The first-order valence-corrected chi connectivity index (χ1v) is 7.21. The van der Waals surface area contributed by atoms with Gasteiger partial charge in [-0.05, 0) is 37.5 Å². The molecule has 1 atom stereocenters. The molecule has 118 valence electrons. The minimum Gasteiger partial charge on any atom is -0.393 e. The number of aliphatic hydroxyl groups excluding tert-OH is 1. The average Bonchev–Trinajstić information content (AvgIpc) is 2.47. The van der Waals surface area contributed by atoms with Crippen LogP contribution < -0.4 is 10.7 Å². The van der Waals surface area contributed by atoms with Crippen molar-refractivity contribution in [2.75, 3.05) is 6.54 Å². The molecule has 0 bridgehead atoms. The van der Waals surface area contributed by atoms with Gasteiger partial charge in [-0.15, -0.1) is 0 Å². The zero-order valence-electron chi connectivity index (χ0n) is 12.6. The number of halogens is 1. The lowest BCUT2D eigenvalue weighted by Gasteiger charge is -2.09. The van der Waals surface area contributed by atoms with Crippen LogP contribution in [0.2, 0.25) is 0 Å². The van der Waals surface area contributed by atoms with Crippen molar-refractivity contribution in [3.8, 4) is 0 Å².